The molecule has 3 rings (SSSR count). The van der Waals surface area contributed by atoms with Crippen LogP contribution in [0, 0.1) is 0 Å². The first-order valence-electron chi connectivity index (χ1n) is 9.43. The molecule has 2 aromatic carbocycles. The van der Waals surface area contributed by atoms with Gasteiger partial charge in [0, 0.05) is 19.8 Å². The number of methoxy groups -OCH3 is 1. The number of rotatable bonds is 9. The first kappa shape index (κ1) is 20.9. The van der Waals surface area contributed by atoms with Gasteiger partial charge in [-0.2, -0.15) is 0 Å². The summed E-state index contributed by atoms with van der Waals surface area (Å²) in [6.07, 6.45) is 1.54. The molecule has 1 heterocycles. The number of carbonyl (C=O) groups is 2. The number of nitrogens with zero attached hydrogens (tertiary/aromatic N) is 2. The zero-order valence-electron chi connectivity index (χ0n) is 16.9. The van der Waals surface area contributed by atoms with E-state index in [2.05, 4.69) is 15.7 Å². The smallest absolute Gasteiger partial charge is 0.258 e. The molecular weight excluding hydrogens is 384 g/mol. The van der Waals surface area contributed by atoms with Crippen molar-refractivity contribution in [2.24, 2.45) is 7.05 Å². The van der Waals surface area contributed by atoms with E-state index in [0.29, 0.717) is 13.2 Å². The third-order valence-corrected chi connectivity index (χ3v) is 4.30. The summed E-state index contributed by atoms with van der Waals surface area (Å²) in [5, 5.41) is 9.34. The number of nitrogens with one attached hydrogen (secondary N) is 2. The molecule has 8 heteroatoms. The number of carbonyl (C=O) groups excluding carboxylic acids is 2. The number of aryl methyl sites for hydroxylation is 1. The van der Waals surface area contributed by atoms with Gasteiger partial charge < -0.3 is 20.1 Å². The van der Waals surface area contributed by atoms with Gasteiger partial charge in [-0.15, -0.1) is 5.10 Å². The lowest BCUT2D eigenvalue weighted by Gasteiger charge is -2.09. The summed E-state index contributed by atoms with van der Waals surface area (Å²) >= 11 is 0. The van der Waals surface area contributed by atoms with Gasteiger partial charge in [0.2, 0.25) is 11.8 Å². The highest BCUT2D eigenvalue weighted by atomic mass is 16.5. The lowest BCUT2D eigenvalue weighted by atomic mass is 10.2. The molecule has 0 aliphatic rings. The van der Waals surface area contributed by atoms with E-state index in [1.807, 2.05) is 54.6 Å². The van der Waals surface area contributed by atoms with E-state index in [1.165, 1.54) is 18.0 Å². The van der Waals surface area contributed by atoms with Gasteiger partial charge in [-0.3, -0.25) is 14.3 Å². The van der Waals surface area contributed by atoms with E-state index in [4.69, 9.17) is 9.47 Å². The lowest BCUT2D eigenvalue weighted by Crippen LogP contribution is -2.36. The van der Waals surface area contributed by atoms with Crippen LogP contribution in [0.2, 0.25) is 0 Å². The van der Waals surface area contributed by atoms with Gasteiger partial charge in [0.15, 0.2) is 0 Å². The van der Waals surface area contributed by atoms with Crippen molar-refractivity contribution in [3.05, 3.63) is 77.5 Å². The topological polar surface area (TPSA) is 94.5 Å². The highest BCUT2D eigenvalue weighted by molar-refractivity contribution is 5.98. The Bertz CT molecular complexity index is 984. The molecule has 3 aromatic rings. The van der Waals surface area contributed by atoms with Crippen LogP contribution in [0.1, 0.15) is 21.5 Å². The molecule has 156 valence electrons. The molecule has 0 bridgehead atoms. The fourth-order valence-electron chi connectivity index (χ4n) is 2.74. The first-order valence-corrected chi connectivity index (χ1v) is 9.43. The Kier molecular flexibility index (Phi) is 7.05. The second-order valence-corrected chi connectivity index (χ2v) is 6.60. The van der Waals surface area contributed by atoms with Crippen molar-refractivity contribution in [3.63, 3.8) is 0 Å². The Morgan fingerprint density at radius 3 is 2.43 bits per heavy atom. The minimum atomic E-state index is -0.421. The van der Waals surface area contributed by atoms with Crippen molar-refractivity contribution in [2.75, 3.05) is 13.7 Å². The fourth-order valence-corrected chi connectivity index (χ4v) is 2.74. The monoisotopic (exact) mass is 408 g/mol. The van der Waals surface area contributed by atoms with Crippen molar-refractivity contribution in [1.29, 1.82) is 0 Å². The van der Waals surface area contributed by atoms with Crippen LogP contribution in [-0.2, 0) is 25.0 Å². The second-order valence-electron chi connectivity index (χ2n) is 6.60. The predicted octanol–water partition coefficient (Wildman–Crippen LogP) is 2.05. The Hall–Kier alpha value is -3.81. The zero-order valence-corrected chi connectivity index (χ0v) is 16.9. The number of amides is 2. The Balaban J connectivity index is 1.41. The third-order valence-electron chi connectivity index (χ3n) is 4.30. The summed E-state index contributed by atoms with van der Waals surface area (Å²) < 4.78 is 12.3. The van der Waals surface area contributed by atoms with Crippen molar-refractivity contribution in [3.8, 4) is 11.6 Å². The molecule has 0 aliphatic heterocycles. The van der Waals surface area contributed by atoms with Crippen LogP contribution in [0.5, 0.6) is 11.6 Å². The van der Waals surface area contributed by atoms with Crippen LogP contribution in [0.15, 0.2) is 60.8 Å². The standard InChI is InChI=1S/C22H24N4O4/c1-26-14-19(22(25-26)29-2)21(28)24-13-20(27)23-12-16-8-10-18(11-9-16)30-15-17-6-4-3-5-7-17/h3-11,14H,12-13,15H2,1-2H3,(H,23,27)(H,24,28). The van der Waals surface area contributed by atoms with Gasteiger partial charge in [-0.05, 0) is 23.3 Å². The average molecular weight is 408 g/mol. The van der Waals surface area contributed by atoms with E-state index < -0.39 is 5.91 Å². The maximum absolute atomic E-state index is 12.2. The molecule has 0 saturated carbocycles. The molecule has 0 spiro atoms. The van der Waals surface area contributed by atoms with Gasteiger partial charge in [0.05, 0.1) is 13.7 Å². The van der Waals surface area contributed by atoms with Crippen LogP contribution in [0.4, 0.5) is 0 Å². The van der Waals surface area contributed by atoms with E-state index in [-0.39, 0.29) is 23.9 Å². The van der Waals surface area contributed by atoms with E-state index in [9.17, 15) is 9.59 Å². The van der Waals surface area contributed by atoms with Gasteiger partial charge >= 0.3 is 0 Å². The summed E-state index contributed by atoms with van der Waals surface area (Å²) in [7, 11) is 3.12. The number of aromatic nitrogens is 2. The molecule has 2 N–H and O–H groups in total. The second kappa shape index (κ2) is 10.1. The van der Waals surface area contributed by atoms with Gasteiger partial charge in [0.1, 0.15) is 17.9 Å². The lowest BCUT2D eigenvalue weighted by molar-refractivity contribution is -0.120. The summed E-state index contributed by atoms with van der Waals surface area (Å²) in [5.41, 5.74) is 2.30. The molecule has 8 nitrogen and oxygen atoms in total. The Morgan fingerprint density at radius 1 is 1.00 bits per heavy atom. The molecule has 0 atom stereocenters. The van der Waals surface area contributed by atoms with E-state index in [1.54, 1.807) is 7.05 Å². The molecule has 30 heavy (non-hydrogen) atoms. The molecule has 2 amide bonds. The van der Waals surface area contributed by atoms with Crippen molar-refractivity contribution < 1.29 is 19.1 Å². The third kappa shape index (κ3) is 5.84. The summed E-state index contributed by atoms with van der Waals surface area (Å²) in [6, 6.07) is 17.4. The van der Waals surface area contributed by atoms with E-state index >= 15 is 0 Å². The zero-order chi connectivity index (χ0) is 21.3. The van der Waals surface area contributed by atoms with Crippen molar-refractivity contribution in [1.82, 2.24) is 20.4 Å². The maximum atomic E-state index is 12.2. The molecule has 0 unspecified atom stereocenters. The van der Waals surface area contributed by atoms with Gasteiger partial charge in [0.25, 0.3) is 5.91 Å². The van der Waals surface area contributed by atoms with Crippen LogP contribution >= 0.6 is 0 Å². The first-order chi connectivity index (χ1) is 14.5. The maximum Gasteiger partial charge on any atom is 0.258 e. The quantitative estimate of drug-likeness (QED) is 0.565. The minimum Gasteiger partial charge on any atom is -0.489 e. The van der Waals surface area contributed by atoms with Crippen LogP contribution in [0.25, 0.3) is 0 Å². The molecule has 0 fully saturated rings. The summed E-state index contributed by atoms with van der Waals surface area (Å²) in [6.45, 7) is 0.706. The Morgan fingerprint density at radius 2 is 1.73 bits per heavy atom. The highest BCUT2D eigenvalue weighted by Gasteiger charge is 2.16. The molecule has 0 saturated heterocycles. The molecular formula is C22H24N4O4. The molecule has 0 radical (unpaired) electrons. The van der Waals surface area contributed by atoms with Gasteiger partial charge in [-0.25, -0.2) is 0 Å². The summed E-state index contributed by atoms with van der Waals surface area (Å²) in [4.78, 5) is 24.2. The predicted molar refractivity (Wildman–Crippen MR) is 111 cm³/mol. The summed E-state index contributed by atoms with van der Waals surface area (Å²) in [5.74, 6) is 0.252. The Labute approximate surface area is 174 Å². The number of benzene rings is 2. The number of hydrogen-bond acceptors (Lipinski definition) is 5. The van der Waals surface area contributed by atoms with Crippen LogP contribution in [0.3, 0.4) is 0 Å². The number of hydrogen-bond donors (Lipinski definition) is 2. The average Bonchev–Trinajstić information content (AvgIpc) is 3.17. The molecule has 0 aliphatic carbocycles. The van der Waals surface area contributed by atoms with Gasteiger partial charge in [-0.1, -0.05) is 42.5 Å². The minimum absolute atomic E-state index is 0.144. The van der Waals surface area contributed by atoms with Crippen LogP contribution < -0.4 is 20.1 Å². The van der Waals surface area contributed by atoms with E-state index in [0.717, 1.165) is 16.9 Å². The normalized spacial score (nSPS) is 10.3. The van der Waals surface area contributed by atoms with Crippen molar-refractivity contribution >= 4 is 11.8 Å². The van der Waals surface area contributed by atoms with Crippen LogP contribution in [-0.4, -0.2) is 35.2 Å². The largest absolute Gasteiger partial charge is 0.489 e. The fraction of sp³-hybridized carbons (Fsp3) is 0.227. The number of ether oxygens (including phenoxy) is 2. The molecule has 1 aromatic heterocycles. The van der Waals surface area contributed by atoms with Crippen molar-refractivity contribution in [2.45, 2.75) is 13.2 Å². The highest BCUT2D eigenvalue weighted by Crippen LogP contribution is 2.15. The SMILES string of the molecule is COc1nn(C)cc1C(=O)NCC(=O)NCc1ccc(OCc2ccccc2)cc1.